The fourth-order valence-electron chi connectivity index (χ4n) is 1.74. The Labute approximate surface area is 113 Å². The number of likely N-dealkylation sites (N-methyl/N-ethyl adjacent to an activating group) is 1. The van der Waals surface area contributed by atoms with E-state index < -0.39 is 6.04 Å². The maximum absolute atomic E-state index is 11.9. The largest absolute Gasteiger partial charge is 0.504 e. The molecule has 0 bridgehead atoms. The van der Waals surface area contributed by atoms with E-state index in [1.54, 1.807) is 30.2 Å². The minimum Gasteiger partial charge on any atom is -0.504 e. The van der Waals surface area contributed by atoms with Gasteiger partial charge in [-0.25, -0.2) is 0 Å². The molecule has 0 spiro atoms. The monoisotopic (exact) mass is 264 g/mol. The highest BCUT2D eigenvalue weighted by Gasteiger charge is 2.17. The summed E-state index contributed by atoms with van der Waals surface area (Å²) in [6.45, 7) is 3.97. The Morgan fingerprint density at radius 3 is 2.89 bits per heavy atom. The molecule has 0 radical (unpaired) electrons. The number of nitrogens with zero attached hydrogens (tertiary/aromatic N) is 1. The fraction of sp³-hybridized carbons (Fsp3) is 0.357. The lowest BCUT2D eigenvalue weighted by Gasteiger charge is -2.21. The number of ether oxygens (including phenoxy) is 1. The number of phenols is 1. The molecule has 0 fully saturated rings. The van der Waals surface area contributed by atoms with E-state index in [1.165, 1.54) is 13.2 Å². The van der Waals surface area contributed by atoms with Crippen LogP contribution >= 0.6 is 0 Å². The number of nitrogens with two attached hydrogens (primary N) is 1. The molecule has 19 heavy (non-hydrogen) atoms. The standard InChI is InChI=1S/C14H20N2O3/c1-4-5-11(15)14(18)16(2)9-10-6-7-12(17)13(8-10)19-3/h4,6-8,11,17H,1,5,9,15H2,2-3H3. The zero-order chi connectivity index (χ0) is 14.4. The number of methoxy groups -OCH3 is 1. The molecule has 0 aromatic heterocycles. The van der Waals surface area contributed by atoms with Gasteiger partial charge in [-0.05, 0) is 24.1 Å². The van der Waals surface area contributed by atoms with Crippen molar-refractivity contribution in [2.45, 2.75) is 19.0 Å². The van der Waals surface area contributed by atoms with Gasteiger partial charge in [-0.15, -0.1) is 6.58 Å². The molecule has 0 aliphatic carbocycles. The first kappa shape index (κ1) is 15.0. The number of amides is 1. The van der Waals surface area contributed by atoms with Crippen LogP contribution in [0.15, 0.2) is 30.9 Å². The average Bonchev–Trinajstić information content (AvgIpc) is 2.40. The van der Waals surface area contributed by atoms with Crippen LogP contribution in [0.3, 0.4) is 0 Å². The van der Waals surface area contributed by atoms with E-state index in [0.29, 0.717) is 18.7 Å². The van der Waals surface area contributed by atoms with Crippen molar-refractivity contribution >= 4 is 5.91 Å². The van der Waals surface area contributed by atoms with Gasteiger partial charge in [0.1, 0.15) is 0 Å². The molecule has 1 rings (SSSR count). The van der Waals surface area contributed by atoms with Gasteiger partial charge in [-0.1, -0.05) is 12.1 Å². The van der Waals surface area contributed by atoms with E-state index in [9.17, 15) is 9.90 Å². The highest BCUT2D eigenvalue weighted by atomic mass is 16.5. The molecule has 1 unspecified atom stereocenters. The second-order valence-electron chi connectivity index (χ2n) is 4.33. The summed E-state index contributed by atoms with van der Waals surface area (Å²) in [7, 11) is 3.16. The molecule has 3 N–H and O–H groups in total. The first-order chi connectivity index (χ1) is 8.99. The van der Waals surface area contributed by atoms with Crippen molar-refractivity contribution in [3.8, 4) is 11.5 Å². The Hall–Kier alpha value is -2.01. The highest BCUT2D eigenvalue weighted by Crippen LogP contribution is 2.26. The number of hydrogen-bond donors (Lipinski definition) is 2. The summed E-state index contributed by atoms with van der Waals surface area (Å²) in [4.78, 5) is 13.5. The first-order valence-electron chi connectivity index (χ1n) is 5.97. The van der Waals surface area contributed by atoms with Crippen LogP contribution in [-0.2, 0) is 11.3 Å². The van der Waals surface area contributed by atoms with Crippen LogP contribution in [0.1, 0.15) is 12.0 Å². The summed E-state index contributed by atoms with van der Waals surface area (Å²) in [5.74, 6) is 0.310. The van der Waals surface area contributed by atoms with Crippen LogP contribution in [0.4, 0.5) is 0 Å². The summed E-state index contributed by atoms with van der Waals surface area (Å²) in [6, 6.07) is 4.40. The molecule has 1 aromatic rings. The van der Waals surface area contributed by atoms with Gasteiger partial charge in [0, 0.05) is 13.6 Å². The second kappa shape index (κ2) is 6.80. The van der Waals surface area contributed by atoms with Crippen molar-refractivity contribution in [3.63, 3.8) is 0 Å². The van der Waals surface area contributed by atoms with E-state index in [2.05, 4.69) is 6.58 Å². The van der Waals surface area contributed by atoms with E-state index in [0.717, 1.165) is 5.56 Å². The van der Waals surface area contributed by atoms with Crippen molar-refractivity contribution in [1.82, 2.24) is 4.90 Å². The fourth-order valence-corrected chi connectivity index (χ4v) is 1.74. The molecule has 1 amide bonds. The van der Waals surface area contributed by atoms with Crippen LogP contribution in [0.25, 0.3) is 0 Å². The van der Waals surface area contributed by atoms with E-state index in [-0.39, 0.29) is 11.7 Å². The van der Waals surface area contributed by atoms with Crippen molar-refractivity contribution in [2.75, 3.05) is 14.2 Å². The predicted octanol–water partition coefficient (Wildman–Crippen LogP) is 1.26. The summed E-state index contributed by atoms with van der Waals surface area (Å²) >= 11 is 0. The molecular formula is C14H20N2O3. The average molecular weight is 264 g/mol. The van der Waals surface area contributed by atoms with Gasteiger partial charge in [-0.3, -0.25) is 4.79 Å². The maximum atomic E-state index is 11.9. The Kier molecular flexibility index (Phi) is 5.38. The van der Waals surface area contributed by atoms with Gasteiger partial charge in [0.15, 0.2) is 11.5 Å². The topological polar surface area (TPSA) is 75.8 Å². The van der Waals surface area contributed by atoms with Crippen LogP contribution in [0.2, 0.25) is 0 Å². The normalized spacial score (nSPS) is 11.7. The van der Waals surface area contributed by atoms with Crippen LogP contribution in [0, 0.1) is 0 Å². The number of aromatic hydroxyl groups is 1. The first-order valence-corrected chi connectivity index (χ1v) is 5.97. The van der Waals surface area contributed by atoms with Crippen molar-refractivity contribution < 1.29 is 14.6 Å². The van der Waals surface area contributed by atoms with E-state index >= 15 is 0 Å². The number of benzene rings is 1. The number of carbonyl (C=O) groups excluding carboxylic acids is 1. The van der Waals surface area contributed by atoms with Gasteiger partial charge in [0.2, 0.25) is 5.91 Å². The number of hydrogen-bond acceptors (Lipinski definition) is 4. The van der Waals surface area contributed by atoms with Crippen LogP contribution < -0.4 is 10.5 Å². The Balaban J connectivity index is 2.73. The lowest BCUT2D eigenvalue weighted by molar-refractivity contribution is -0.131. The minimum absolute atomic E-state index is 0.0728. The van der Waals surface area contributed by atoms with Crippen molar-refractivity contribution in [3.05, 3.63) is 36.4 Å². The smallest absolute Gasteiger partial charge is 0.239 e. The van der Waals surface area contributed by atoms with E-state index in [4.69, 9.17) is 10.5 Å². The van der Waals surface area contributed by atoms with E-state index in [1.807, 2.05) is 0 Å². The molecule has 5 nitrogen and oxygen atoms in total. The number of phenolic OH excluding ortho intramolecular Hbond substituents is 1. The third kappa shape index (κ3) is 3.99. The van der Waals surface area contributed by atoms with Crippen LogP contribution in [0.5, 0.6) is 11.5 Å². The Morgan fingerprint density at radius 1 is 1.63 bits per heavy atom. The zero-order valence-electron chi connectivity index (χ0n) is 11.3. The molecule has 104 valence electrons. The summed E-state index contributed by atoms with van der Waals surface area (Å²) in [5, 5.41) is 9.50. The second-order valence-corrected chi connectivity index (χ2v) is 4.33. The van der Waals surface area contributed by atoms with Crippen molar-refractivity contribution in [1.29, 1.82) is 0 Å². The van der Waals surface area contributed by atoms with Gasteiger partial charge in [0.25, 0.3) is 0 Å². The number of carbonyl (C=O) groups is 1. The molecule has 1 aromatic carbocycles. The van der Waals surface area contributed by atoms with Gasteiger partial charge in [-0.2, -0.15) is 0 Å². The molecule has 0 saturated carbocycles. The third-order valence-corrected chi connectivity index (χ3v) is 2.78. The molecular weight excluding hydrogens is 244 g/mol. The third-order valence-electron chi connectivity index (χ3n) is 2.78. The maximum Gasteiger partial charge on any atom is 0.239 e. The number of rotatable bonds is 6. The molecule has 5 heteroatoms. The van der Waals surface area contributed by atoms with Gasteiger partial charge < -0.3 is 20.5 Å². The molecule has 1 atom stereocenters. The van der Waals surface area contributed by atoms with Gasteiger partial charge >= 0.3 is 0 Å². The lowest BCUT2D eigenvalue weighted by atomic mass is 10.1. The molecule has 0 aliphatic rings. The Morgan fingerprint density at radius 2 is 2.32 bits per heavy atom. The predicted molar refractivity (Wildman–Crippen MR) is 73.9 cm³/mol. The quantitative estimate of drug-likeness (QED) is 0.758. The SMILES string of the molecule is C=CCC(N)C(=O)N(C)Cc1ccc(O)c(OC)c1. The van der Waals surface area contributed by atoms with Crippen LogP contribution in [-0.4, -0.2) is 36.1 Å². The molecule has 0 heterocycles. The summed E-state index contributed by atoms with van der Waals surface area (Å²) in [5.41, 5.74) is 6.59. The molecule has 0 aliphatic heterocycles. The zero-order valence-corrected chi connectivity index (χ0v) is 11.3. The lowest BCUT2D eigenvalue weighted by Crippen LogP contribution is -2.41. The molecule has 0 saturated heterocycles. The van der Waals surface area contributed by atoms with Crippen molar-refractivity contribution in [2.24, 2.45) is 5.73 Å². The van der Waals surface area contributed by atoms with Gasteiger partial charge in [0.05, 0.1) is 13.2 Å². The Bertz CT molecular complexity index is 460. The minimum atomic E-state index is -0.568. The summed E-state index contributed by atoms with van der Waals surface area (Å²) < 4.78 is 5.02. The summed E-state index contributed by atoms with van der Waals surface area (Å²) in [6.07, 6.45) is 2.07. The highest BCUT2D eigenvalue weighted by molar-refractivity contribution is 5.81.